The van der Waals surface area contributed by atoms with Crippen LogP contribution in [-0.4, -0.2) is 16.7 Å². The number of benzene rings is 2. The Labute approximate surface area is 158 Å². The quantitative estimate of drug-likeness (QED) is 0.437. The van der Waals surface area contributed by atoms with Gasteiger partial charge in [-0.15, -0.1) is 0 Å². The molecule has 0 fully saturated rings. The summed E-state index contributed by atoms with van der Waals surface area (Å²) in [6, 6.07) is 24.0. The number of hydrogen-bond acceptors (Lipinski definition) is 4. The van der Waals surface area contributed by atoms with Crippen LogP contribution in [0.2, 0.25) is 0 Å². The van der Waals surface area contributed by atoms with E-state index in [1.807, 2.05) is 54.6 Å². The van der Waals surface area contributed by atoms with Crippen LogP contribution in [0.3, 0.4) is 0 Å². The second-order valence-electron chi connectivity index (χ2n) is 6.23. The van der Waals surface area contributed by atoms with Gasteiger partial charge in [-0.3, -0.25) is 14.6 Å². The average molecular weight is 359 g/mol. The molecule has 0 spiro atoms. The molecule has 0 bridgehead atoms. The van der Waals surface area contributed by atoms with E-state index in [-0.39, 0.29) is 24.8 Å². The summed E-state index contributed by atoms with van der Waals surface area (Å²) in [4.78, 5) is 29.4. The number of ether oxygens (including phenoxy) is 1. The first-order valence-electron chi connectivity index (χ1n) is 8.94. The molecule has 2 aromatic carbocycles. The Bertz CT molecular complexity index is 864. The molecule has 0 saturated carbocycles. The minimum atomic E-state index is -0.567. The monoisotopic (exact) mass is 359 g/mol. The van der Waals surface area contributed by atoms with Gasteiger partial charge < -0.3 is 4.74 Å². The Kier molecular flexibility index (Phi) is 6.47. The van der Waals surface area contributed by atoms with Crippen LogP contribution >= 0.6 is 0 Å². The second kappa shape index (κ2) is 9.43. The molecule has 1 aromatic heterocycles. The zero-order valence-corrected chi connectivity index (χ0v) is 15.0. The Morgan fingerprint density at radius 3 is 2.19 bits per heavy atom. The third-order valence-corrected chi connectivity index (χ3v) is 4.31. The number of ketones is 1. The Morgan fingerprint density at radius 2 is 1.52 bits per heavy atom. The fraction of sp³-hybridized carbons (Fsp3) is 0.174. The average Bonchev–Trinajstić information content (AvgIpc) is 2.74. The molecule has 0 aliphatic carbocycles. The lowest BCUT2D eigenvalue weighted by molar-refractivity contribution is -0.147. The molecule has 0 radical (unpaired) electrons. The topological polar surface area (TPSA) is 56.3 Å². The number of rotatable bonds is 8. The minimum absolute atomic E-state index is 0.00684. The van der Waals surface area contributed by atoms with Crippen LogP contribution in [0.5, 0.6) is 0 Å². The fourth-order valence-electron chi connectivity index (χ4n) is 2.84. The highest BCUT2D eigenvalue weighted by molar-refractivity contribution is 5.96. The Hall–Kier alpha value is -3.27. The molecular weight excluding hydrogens is 338 g/mol. The van der Waals surface area contributed by atoms with Crippen LogP contribution in [0.1, 0.15) is 40.4 Å². The van der Waals surface area contributed by atoms with Crippen molar-refractivity contribution in [2.75, 3.05) is 0 Å². The molecule has 1 unspecified atom stereocenters. The summed E-state index contributed by atoms with van der Waals surface area (Å²) in [5.41, 5.74) is 2.19. The van der Waals surface area contributed by atoms with E-state index in [4.69, 9.17) is 4.74 Å². The smallest absolute Gasteiger partial charge is 0.315 e. The molecule has 0 amide bonds. The molecule has 4 nitrogen and oxygen atoms in total. The first kappa shape index (κ1) is 18.5. The van der Waals surface area contributed by atoms with Crippen molar-refractivity contribution >= 4 is 11.8 Å². The number of hydrogen-bond donors (Lipinski definition) is 0. The van der Waals surface area contributed by atoms with Gasteiger partial charge in [0.25, 0.3) is 0 Å². The van der Waals surface area contributed by atoms with Gasteiger partial charge in [0.05, 0.1) is 11.6 Å². The van der Waals surface area contributed by atoms with Crippen LogP contribution in [-0.2, 0) is 16.1 Å². The van der Waals surface area contributed by atoms with Gasteiger partial charge >= 0.3 is 5.97 Å². The molecule has 1 heterocycles. The summed E-state index contributed by atoms with van der Waals surface area (Å²) in [5.74, 6) is -0.923. The second-order valence-corrected chi connectivity index (χ2v) is 6.23. The van der Waals surface area contributed by atoms with Crippen LogP contribution in [0, 0.1) is 0 Å². The summed E-state index contributed by atoms with van der Waals surface area (Å²) in [6.45, 7) is 0.204. The Balaban J connectivity index is 1.67. The molecular formula is C23H21NO3. The van der Waals surface area contributed by atoms with Crippen LogP contribution in [0.15, 0.2) is 85.1 Å². The summed E-state index contributed by atoms with van der Waals surface area (Å²) >= 11 is 0. The van der Waals surface area contributed by atoms with Gasteiger partial charge in [-0.05, 0) is 24.1 Å². The molecule has 4 heteroatoms. The van der Waals surface area contributed by atoms with E-state index in [0.29, 0.717) is 17.7 Å². The highest BCUT2D eigenvalue weighted by atomic mass is 16.5. The first-order chi connectivity index (χ1) is 13.2. The third kappa shape index (κ3) is 5.35. The van der Waals surface area contributed by atoms with Gasteiger partial charge in [0.2, 0.25) is 0 Å². The van der Waals surface area contributed by atoms with Crippen LogP contribution in [0.25, 0.3) is 0 Å². The van der Waals surface area contributed by atoms with Gasteiger partial charge in [-0.2, -0.15) is 0 Å². The molecule has 0 N–H and O–H groups in total. The molecule has 0 aliphatic rings. The van der Waals surface area contributed by atoms with E-state index in [1.54, 1.807) is 30.5 Å². The van der Waals surface area contributed by atoms with E-state index in [2.05, 4.69) is 4.98 Å². The number of pyridine rings is 1. The van der Waals surface area contributed by atoms with Crippen molar-refractivity contribution in [2.24, 2.45) is 0 Å². The Morgan fingerprint density at radius 1 is 0.852 bits per heavy atom. The number of Topliss-reactive ketones (excluding diaryl/α,β-unsaturated/α-hetero) is 1. The van der Waals surface area contributed by atoms with Gasteiger partial charge in [0.15, 0.2) is 5.78 Å². The maximum atomic E-state index is 12.7. The van der Waals surface area contributed by atoms with E-state index < -0.39 is 5.92 Å². The van der Waals surface area contributed by atoms with Crippen molar-refractivity contribution in [2.45, 2.75) is 25.4 Å². The molecule has 1 atom stereocenters. The van der Waals surface area contributed by atoms with Crippen molar-refractivity contribution in [3.8, 4) is 0 Å². The molecule has 0 saturated heterocycles. The maximum absolute atomic E-state index is 12.7. The lowest BCUT2D eigenvalue weighted by Gasteiger charge is -2.15. The van der Waals surface area contributed by atoms with Crippen LogP contribution < -0.4 is 0 Å². The number of carbonyl (C=O) groups excluding carboxylic acids is 2. The van der Waals surface area contributed by atoms with Crippen molar-refractivity contribution in [3.63, 3.8) is 0 Å². The normalized spacial score (nSPS) is 11.6. The van der Waals surface area contributed by atoms with E-state index >= 15 is 0 Å². The first-order valence-corrected chi connectivity index (χ1v) is 8.94. The van der Waals surface area contributed by atoms with Crippen molar-refractivity contribution in [3.05, 3.63) is 102 Å². The molecule has 27 heavy (non-hydrogen) atoms. The van der Waals surface area contributed by atoms with Crippen molar-refractivity contribution in [1.82, 2.24) is 4.98 Å². The standard InChI is InChI=1S/C23H21NO3/c25-22(19-11-5-2-6-12-19)15-14-20(21-13-7-8-16-24-21)23(26)27-17-18-9-3-1-4-10-18/h1-13,16,20H,14-15,17H2. The van der Waals surface area contributed by atoms with Gasteiger partial charge in [0.1, 0.15) is 6.61 Å². The summed E-state index contributed by atoms with van der Waals surface area (Å²) in [6.07, 6.45) is 2.26. The molecule has 3 rings (SSSR count). The summed E-state index contributed by atoms with van der Waals surface area (Å²) in [5, 5.41) is 0. The highest BCUT2D eigenvalue weighted by Gasteiger charge is 2.24. The number of nitrogens with zero attached hydrogens (tertiary/aromatic N) is 1. The van der Waals surface area contributed by atoms with Gasteiger partial charge in [-0.25, -0.2) is 0 Å². The fourth-order valence-corrected chi connectivity index (χ4v) is 2.84. The van der Waals surface area contributed by atoms with E-state index in [0.717, 1.165) is 5.56 Å². The zero-order valence-electron chi connectivity index (χ0n) is 15.0. The summed E-state index contributed by atoms with van der Waals surface area (Å²) in [7, 11) is 0. The lowest BCUT2D eigenvalue weighted by atomic mass is 9.95. The van der Waals surface area contributed by atoms with E-state index in [9.17, 15) is 9.59 Å². The summed E-state index contributed by atoms with van der Waals surface area (Å²) < 4.78 is 5.49. The molecule has 0 aliphatic heterocycles. The van der Waals surface area contributed by atoms with Gasteiger partial charge in [-0.1, -0.05) is 66.7 Å². The molecule has 3 aromatic rings. The number of aromatic nitrogens is 1. The number of esters is 1. The predicted octanol–water partition coefficient (Wildman–Crippen LogP) is 4.57. The zero-order chi connectivity index (χ0) is 18.9. The maximum Gasteiger partial charge on any atom is 0.315 e. The predicted molar refractivity (Wildman–Crippen MR) is 103 cm³/mol. The highest BCUT2D eigenvalue weighted by Crippen LogP contribution is 2.23. The largest absolute Gasteiger partial charge is 0.460 e. The van der Waals surface area contributed by atoms with E-state index in [1.165, 1.54) is 0 Å². The lowest BCUT2D eigenvalue weighted by Crippen LogP contribution is -2.18. The number of carbonyl (C=O) groups is 2. The SMILES string of the molecule is O=C(CCC(C(=O)OCc1ccccc1)c1ccccn1)c1ccccc1. The third-order valence-electron chi connectivity index (χ3n) is 4.31. The van der Waals surface area contributed by atoms with Crippen molar-refractivity contribution < 1.29 is 14.3 Å². The van der Waals surface area contributed by atoms with Crippen LogP contribution in [0.4, 0.5) is 0 Å². The molecule has 136 valence electrons. The minimum Gasteiger partial charge on any atom is -0.460 e. The van der Waals surface area contributed by atoms with Gasteiger partial charge in [0, 0.05) is 18.2 Å². The van der Waals surface area contributed by atoms with Crippen molar-refractivity contribution in [1.29, 1.82) is 0 Å².